The average molecular weight is 411 g/mol. The molecule has 0 spiro atoms. The molecule has 0 aliphatic heterocycles. The molecule has 1 atom stereocenters. The minimum Gasteiger partial charge on any atom is -0.426 e. The Kier molecular flexibility index (Phi) is 7.63. The van der Waals surface area contributed by atoms with Crippen molar-refractivity contribution in [2.24, 2.45) is 17.8 Å². The molecule has 0 heterocycles. The van der Waals surface area contributed by atoms with Crippen molar-refractivity contribution in [1.29, 1.82) is 0 Å². The summed E-state index contributed by atoms with van der Waals surface area (Å²) in [6.07, 6.45) is 8.99. The van der Waals surface area contributed by atoms with Gasteiger partial charge in [0.15, 0.2) is 20.7 Å². The summed E-state index contributed by atoms with van der Waals surface area (Å²) in [6.45, 7) is 2.26. The number of esters is 1. The highest BCUT2D eigenvalue weighted by Gasteiger charge is 2.35. The normalized spacial score (nSPS) is 29.3. The number of ether oxygens (including phenoxy) is 1. The lowest BCUT2D eigenvalue weighted by atomic mass is 9.71. The highest BCUT2D eigenvalue weighted by Crippen LogP contribution is 2.44. The second-order valence-electron chi connectivity index (χ2n) is 8.47. The zero-order valence-electron chi connectivity index (χ0n) is 17.0. The van der Waals surface area contributed by atoms with E-state index in [-0.39, 0.29) is 17.6 Å². The molecule has 1 unspecified atom stereocenters. The van der Waals surface area contributed by atoms with Crippen LogP contribution in [-0.4, -0.2) is 22.1 Å². The van der Waals surface area contributed by atoms with Gasteiger partial charge in [0.05, 0.1) is 5.92 Å². The van der Waals surface area contributed by atoms with Crippen LogP contribution in [0.3, 0.4) is 0 Å². The Morgan fingerprint density at radius 1 is 1.00 bits per heavy atom. The second kappa shape index (κ2) is 9.97. The molecule has 28 heavy (non-hydrogen) atoms. The molecule has 6 heteroatoms. The zero-order chi connectivity index (χ0) is 20.1. The van der Waals surface area contributed by atoms with Crippen LogP contribution in [0.25, 0.3) is 0 Å². The fourth-order valence-corrected chi connectivity index (χ4v) is 7.76. The van der Waals surface area contributed by atoms with Crippen LogP contribution in [0, 0.1) is 29.4 Å². The highest BCUT2D eigenvalue weighted by molar-refractivity contribution is 6.53. The number of carbonyl (C=O) groups excluding carboxylic acids is 1. The molecule has 0 aromatic heterocycles. The Balaban J connectivity index is 1.44. The highest BCUT2D eigenvalue weighted by atomic mass is 28.3. The first-order valence-corrected chi connectivity index (χ1v) is 12.7. The molecule has 2 aliphatic rings. The molecule has 3 nitrogen and oxygen atoms in total. The van der Waals surface area contributed by atoms with E-state index in [1.807, 2.05) is 7.11 Å². The monoisotopic (exact) mass is 410 g/mol. The van der Waals surface area contributed by atoms with Crippen LogP contribution in [0.15, 0.2) is 18.2 Å². The van der Waals surface area contributed by atoms with Crippen LogP contribution < -0.4 is 4.74 Å². The lowest BCUT2D eigenvalue weighted by Gasteiger charge is -2.38. The van der Waals surface area contributed by atoms with Gasteiger partial charge in [0, 0.05) is 13.2 Å². The van der Waals surface area contributed by atoms with Gasteiger partial charge in [-0.2, -0.15) is 0 Å². The van der Waals surface area contributed by atoms with E-state index in [0.717, 1.165) is 49.3 Å². The summed E-state index contributed by atoms with van der Waals surface area (Å²) < 4.78 is 37.3. The third-order valence-electron chi connectivity index (χ3n) is 6.93. The lowest BCUT2D eigenvalue weighted by molar-refractivity contribution is -0.140. The van der Waals surface area contributed by atoms with Gasteiger partial charge in [-0.3, -0.25) is 4.79 Å². The number of halogens is 2. The van der Waals surface area contributed by atoms with Crippen LogP contribution >= 0.6 is 0 Å². The van der Waals surface area contributed by atoms with E-state index in [2.05, 4.69) is 6.92 Å². The van der Waals surface area contributed by atoms with Gasteiger partial charge in [-0.15, -0.1) is 0 Å². The van der Waals surface area contributed by atoms with Crippen LogP contribution in [0.5, 0.6) is 5.75 Å². The van der Waals surface area contributed by atoms with E-state index in [4.69, 9.17) is 9.16 Å². The summed E-state index contributed by atoms with van der Waals surface area (Å²) >= 11 is 0. The molecule has 0 bridgehead atoms. The minimum absolute atomic E-state index is 0.0807. The maximum Gasteiger partial charge on any atom is 0.314 e. The first-order valence-electron chi connectivity index (χ1n) is 10.7. The third-order valence-corrected chi connectivity index (χ3v) is 10.1. The maximum absolute atomic E-state index is 13.3. The predicted molar refractivity (Wildman–Crippen MR) is 108 cm³/mol. The van der Waals surface area contributed by atoms with Crippen LogP contribution in [0.1, 0.15) is 58.3 Å². The van der Waals surface area contributed by atoms with Gasteiger partial charge in [-0.25, -0.2) is 8.78 Å². The topological polar surface area (TPSA) is 35.5 Å². The van der Waals surface area contributed by atoms with Gasteiger partial charge in [-0.05, 0) is 61.2 Å². The minimum atomic E-state index is -1.02. The van der Waals surface area contributed by atoms with Crippen LogP contribution in [0.4, 0.5) is 8.78 Å². The summed E-state index contributed by atoms with van der Waals surface area (Å²) in [5.74, 6) is -0.812. The van der Waals surface area contributed by atoms with Gasteiger partial charge in [-0.1, -0.05) is 32.6 Å². The summed E-state index contributed by atoms with van der Waals surface area (Å²) in [7, 11) is 0.862. The number of hydrogen-bond donors (Lipinski definition) is 0. The van der Waals surface area contributed by atoms with Crippen molar-refractivity contribution in [1.82, 2.24) is 0 Å². The van der Waals surface area contributed by atoms with E-state index in [0.29, 0.717) is 5.92 Å². The average Bonchev–Trinajstić information content (AvgIpc) is 2.72. The summed E-state index contributed by atoms with van der Waals surface area (Å²) in [5.41, 5.74) is 0.827. The van der Waals surface area contributed by atoms with Crippen molar-refractivity contribution in [3.05, 3.63) is 29.8 Å². The van der Waals surface area contributed by atoms with Crippen molar-refractivity contribution in [2.45, 2.75) is 69.9 Å². The van der Waals surface area contributed by atoms with Crippen LogP contribution in [0.2, 0.25) is 11.6 Å². The number of hydrogen-bond acceptors (Lipinski definition) is 3. The van der Waals surface area contributed by atoms with Gasteiger partial charge < -0.3 is 9.16 Å². The first kappa shape index (κ1) is 21.4. The Labute approximate surface area is 168 Å². The van der Waals surface area contributed by atoms with Crippen molar-refractivity contribution >= 4 is 15.0 Å². The SMILES string of the molecule is CC[SiH](OC)[C@H]1CC[C@H]([C@H]2CC[C@H](C(=O)Oc3ccc(F)c(F)c3)CC2)CC1. The number of rotatable bonds is 6. The predicted octanol–water partition coefficient (Wildman–Crippen LogP) is 5.63. The molecule has 0 radical (unpaired) electrons. The Bertz CT molecular complexity index is 649. The fraction of sp³-hybridized carbons (Fsp3) is 0.682. The van der Waals surface area contributed by atoms with Crippen molar-refractivity contribution in [2.75, 3.05) is 7.11 Å². The van der Waals surface area contributed by atoms with Crippen LogP contribution in [-0.2, 0) is 9.22 Å². The first-order chi connectivity index (χ1) is 13.5. The standard InChI is InChI=1S/C22H32F2O3Si/c1-3-28(26-2)19-11-8-16(9-12-19)15-4-6-17(7-5-15)22(25)27-18-10-13-20(23)21(24)14-18/h10,13-17,19,28H,3-9,11-12H2,1-2H3/t15-,16-,17-,19-,28?. The number of carbonyl (C=O) groups is 1. The zero-order valence-corrected chi connectivity index (χ0v) is 18.1. The summed E-state index contributed by atoms with van der Waals surface area (Å²) in [5, 5.41) is 0. The molecular formula is C22H32F2O3Si. The molecule has 156 valence electrons. The maximum atomic E-state index is 13.3. The third kappa shape index (κ3) is 5.20. The molecule has 1 aromatic carbocycles. The molecular weight excluding hydrogens is 378 g/mol. The molecule has 3 rings (SSSR count). The Morgan fingerprint density at radius 3 is 2.14 bits per heavy atom. The van der Waals surface area contributed by atoms with Gasteiger partial charge in [0.1, 0.15) is 5.75 Å². The molecule has 2 fully saturated rings. The summed E-state index contributed by atoms with van der Waals surface area (Å²) in [6, 6.07) is 4.44. The molecule has 0 N–H and O–H groups in total. The van der Waals surface area contributed by atoms with E-state index in [9.17, 15) is 13.6 Å². The molecule has 2 saturated carbocycles. The van der Waals surface area contributed by atoms with Crippen molar-refractivity contribution in [3.63, 3.8) is 0 Å². The summed E-state index contributed by atoms with van der Waals surface area (Å²) in [4.78, 5) is 12.4. The van der Waals surface area contributed by atoms with Crippen molar-refractivity contribution < 1.29 is 22.7 Å². The second-order valence-corrected chi connectivity index (χ2v) is 11.8. The molecule has 0 amide bonds. The smallest absolute Gasteiger partial charge is 0.314 e. The van der Waals surface area contributed by atoms with E-state index in [1.54, 1.807) is 0 Å². The van der Waals surface area contributed by atoms with Crippen molar-refractivity contribution in [3.8, 4) is 5.75 Å². The van der Waals surface area contributed by atoms with E-state index < -0.39 is 20.7 Å². The van der Waals surface area contributed by atoms with Gasteiger partial charge in [0.2, 0.25) is 0 Å². The van der Waals surface area contributed by atoms with E-state index >= 15 is 0 Å². The quantitative estimate of drug-likeness (QED) is 0.346. The number of benzene rings is 1. The molecule has 2 aliphatic carbocycles. The van der Waals surface area contributed by atoms with Gasteiger partial charge >= 0.3 is 5.97 Å². The van der Waals surface area contributed by atoms with Gasteiger partial charge in [0.25, 0.3) is 0 Å². The van der Waals surface area contributed by atoms with E-state index in [1.165, 1.54) is 37.8 Å². The molecule has 1 aromatic rings. The lowest BCUT2D eigenvalue weighted by Crippen LogP contribution is -2.32. The Morgan fingerprint density at radius 2 is 1.61 bits per heavy atom. The fourth-order valence-electron chi connectivity index (χ4n) is 5.25. The Hall–Kier alpha value is -1.27. The molecule has 0 saturated heterocycles. The largest absolute Gasteiger partial charge is 0.426 e.